The quantitative estimate of drug-likeness (QED) is 0.800. The SMILES string of the molecule is CCOC(=O)c1cccc(NCC2CCCCN2)c1. The average molecular weight is 262 g/mol. The van der Waals surface area contributed by atoms with Crippen molar-refractivity contribution < 1.29 is 9.53 Å². The van der Waals surface area contributed by atoms with E-state index in [-0.39, 0.29) is 5.97 Å². The Bertz CT molecular complexity index is 414. The van der Waals surface area contributed by atoms with Gasteiger partial charge in [0.2, 0.25) is 0 Å². The van der Waals surface area contributed by atoms with Crippen LogP contribution in [0.4, 0.5) is 5.69 Å². The minimum Gasteiger partial charge on any atom is -0.462 e. The second-order valence-electron chi connectivity index (χ2n) is 4.83. The van der Waals surface area contributed by atoms with Crippen molar-refractivity contribution >= 4 is 11.7 Å². The van der Waals surface area contributed by atoms with Crippen molar-refractivity contribution in [2.75, 3.05) is 25.0 Å². The molecule has 0 aliphatic carbocycles. The van der Waals surface area contributed by atoms with Crippen molar-refractivity contribution in [1.82, 2.24) is 5.32 Å². The number of hydrogen-bond donors (Lipinski definition) is 2. The summed E-state index contributed by atoms with van der Waals surface area (Å²) in [6.45, 7) is 4.22. The van der Waals surface area contributed by atoms with Crippen molar-refractivity contribution in [2.24, 2.45) is 0 Å². The molecule has 1 aromatic rings. The van der Waals surface area contributed by atoms with Gasteiger partial charge >= 0.3 is 5.97 Å². The van der Waals surface area contributed by atoms with Gasteiger partial charge in [-0.25, -0.2) is 4.79 Å². The molecule has 4 nitrogen and oxygen atoms in total. The van der Waals surface area contributed by atoms with Crippen molar-refractivity contribution in [3.05, 3.63) is 29.8 Å². The summed E-state index contributed by atoms with van der Waals surface area (Å²) < 4.78 is 5.00. The Morgan fingerprint density at radius 3 is 3.11 bits per heavy atom. The van der Waals surface area contributed by atoms with Gasteiger partial charge in [0.05, 0.1) is 12.2 Å². The lowest BCUT2D eigenvalue weighted by molar-refractivity contribution is 0.0526. The standard InChI is InChI=1S/C15H22N2O2/c1-2-19-15(18)12-6-5-8-13(10-12)17-11-14-7-3-4-9-16-14/h5-6,8,10,14,16-17H,2-4,7,9,11H2,1H3. The molecule has 4 heteroatoms. The van der Waals surface area contributed by atoms with Crippen molar-refractivity contribution in [2.45, 2.75) is 32.2 Å². The van der Waals surface area contributed by atoms with E-state index in [1.165, 1.54) is 19.3 Å². The van der Waals surface area contributed by atoms with Gasteiger partial charge in [-0.1, -0.05) is 12.5 Å². The first-order valence-electron chi connectivity index (χ1n) is 7.04. The first kappa shape index (κ1) is 13.9. The fraction of sp³-hybridized carbons (Fsp3) is 0.533. The highest BCUT2D eigenvalue weighted by molar-refractivity contribution is 5.90. The fourth-order valence-corrected chi connectivity index (χ4v) is 2.31. The van der Waals surface area contributed by atoms with E-state index in [0.29, 0.717) is 18.2 Å². The van der Waals surface area contributed by atoms with Crippen LogP contribution < -0.4 is 10.6 Å². The van der Waals surface area contributed by atoms with E-state index in [0.717, 1.165) is 18.8 Å². The molecule has 1 saturated heterocycles. The molecule has 0 amide bonds. The molecule has 0 saturated carbocycles. The molecule has 1 aliphatic rings. The molecular weight excluding hydrogens is 240 g/mol. The molecule has 1 unspecified atom stereocenters. The highest BCUT2D eigenvalue weighted by Gasteiger charge is 2.12. The van der Waals surface area contributed by atoms with Gasteiger partial charge in [0.1, 0.15) is 0 Å². The van der Waals surface area contributed by atoms with Crippen LogP contribution in [0, 0.1) is 0 Å². The number of hydrogen-bond acceptors (Lipinski definition) is 4. The van der Waals surface area contributed by atoms with E-state index in [1.807, 2.05) is 25.1 Å². The van der Waals surface area contributed by atoms with Gasteiger partial charge in [-0.15, -0.1) is 0 Å². The van der Waals surface area contributed by atoms with Crippen LogP contribution in [0.15, 0.2) is 24.3 Å². The number of rotatable bonds is 5. The molecule has 1 heterocycles. The van der Waals surface area contributed by atoms with Crippen LogP contribution in [0.3, 0.4) is 0 Å². The summed E-state index contributed by atoms with van der Waals surface area (Å²) in [4.78, 5) is 11.6. The third-order valence-electron chi connectivity index (χ3n) is 3.34. The van der Waals surface area contributed by atoms with Gasteiger partial charge in [-0.3, -0.25) is 0 Å². The number of carbonyl (C=O) groups excluding carboxylic acids is 1. The van der Waals surface area contributed by atoms with Crippen LogP contribution in [0.1, 0.15) is 36.5 Å². The van der Waals surface area contributed by atoms with E-state index in [1.54, 1.807) is 6.07 Å². The molecule has 1 fully saturated rings. The summed E-state index contributed by atoms with van der Waals surface area (Å²) in [5.41, 5.74) is 1.57. The highest BCUT2D eigenvalue weighted by Crippen LogP contribution is 2.13. The Hall–Kier alpha value is -1.55. The Kier molecular flexibility index (Phi) is 5.21. The van der Waals surface area contributed by atoms with Crippen molar-refractivity contribution in [3.63, 3.8) is 0 Å². The van der Waals surface area contributed by atoms with E-state index in [4.69, 9.17) is 4.74 Å². The highest BCUT2D eigenvalue weighted by atomic mass is 16.5. The smallest absolute Gasteiger partial charge is 0.338 e. The number of ether oxygens (including phenoxy) is 1. The predicted molar refractivity (Wildman–Crippen MR) is 76.5 cm³/mol. The molecular formula is C15H22N2O2. The largest absolute Gasteiger partial charge is 0.462 e. The number of nitrogens with one attached hydrogen (secondary N) is 2. The van der Waals surface area contributed by atoms with E-state index < -0.39 is 0 Å². The third kappa shape index (κ3) is 4.24. The Labute approximate surface area is 114 Å². The minimum atomic E-state index is -0.262. The molecule has 2 N–H and O–H groups in total. The Morgan fingerprint density at radius 1 is 1.47 bits per heavy atom. The predicted octanol–water partition coefficient (Wildman–Crippen LogP) is 2.42. The maximum Gasteiger partial charge on any atom is 0.338 e. The number of esters is 1. The molecule has 1 atom stereocenters. The van der Waals surface area contributed by atoms with E-state index >= 15 is 0 Å². The van der Waals surface area contributed by atoms with Gasteiger partial charge in [0, 0.05) is 18.3 Å². The average Bonchev–Trinajstić information content (AvgIpc) is 2.47. The molecule has 0 radical (unpaired) electrons. The zero-order valence-electron chi connectivity index (χ0n) is 11.4. The van der Waals surface area contributed by atoms with Crippen LogP contribution in [0.2, 0.25) is 0 Å². The first-order valence-corrected chi connectivity index (χ1v) is 7.04. The van der Waals surface area contributed by atoms with Crippen LogP contribution in [-0.4, -0.2) is 31.7 Å². The van der Waals surface area contributed by atoms with Crippen LogP contribution >= 0.6 is 0 Å². The summed E-state index contributed by atoms with van der Waals surface area (Å²) >= 11 is 0. The van der Waals surface area contributed by atoms with E-state index in [2.05, 4.69) is 10.6 Å². The molecule has 1 aliphatic heterocycles. The van der Waals surface area contributed by atoms with Gasteiger partial charge in [0.25, 0.3) is 0 Å². The maximum atomic E-state index is 11.6. The lowest BCUT2D eigenvalue weighted by Crippen LogP contribution is -2.39. The molecule has 0 spiro atoms. The minimum absolute atomic E-state index is 0.262. The zero-order chi connectivity index (χ0) is 13.5. The molecule has 19 heavy (non-hydrogen) atoms. The number of anilines is 1. The first-order chi connectivity index (χ1) is 9.29. The lowest BCUT2D eigenvalue weighted by atomic mass is 10.1. The number of carbonyl (C=O) groups is 1. The van der Waals surface area contributed by atoms with Gasteiger partial charge < -0.3 is 15.4 Å². The second kappa shape index (κ2) is 7.14. The molecule has 104 valence electrons. The van der Waals surface area contributed by atoms with Crippen LogP contribution in [0.5, 0.6) is 0 Å². The fourth-order valence-electron chi connectivity index (χ4n) is 2.31. The van der Waals surface area contributed by atoms with E-state index in [9.17, 15) is 4.79 Å². The molecule has 1 aromatic carbocycles. The summed E-state index contributed by atoms with van der Waals surface area (Å²) in [5, 5.41) is 6.87. The summed E-state index contributed by atoms with van der Waals surface area (Å²) in [6.07, 6.45) is 3.78. The number of piperidine rings is 1. The van der Waals surface area contributed by atoms with Crippen LogP contribution in [0.25, 0.3) is 0 Å². The molecule has 2 rings (SSSR count). The van der Waals surface area contributed by atoms with Crippen LogP contribution in [-0.2, 0) is 4.74 Å². The monoisotopic (exact) mass is 262 g/mol. The Balaban J connectivity index is 1.89. The summed E-state index contributed by atoms with van der Waals surface area (Å²) in [7, 11) is 0. The van der Waals surface area contributed by atoms with Gasteiger partial charge in [-0.2, -0.15) is 0 Å². The van der Waals surface area contributed by atoms with Gasteiger partial charge in [-0.05, 0) is 44.5 Å². The third-order valence-corrected chi connectivity index (χ3v) is 3.34. The zero-order valence-corrected chi connectivity index (χ0v) is 11.4. The van der Waals surface area contributed by atoms with Gasteiger partial charge in [0.15, 0.2) is 0 Å². The Morgan fingerprint density at radius 2 is 2.37 bits per heavy atom. The lowest BCUT2D eigenvalue weighted by Gasteiger charge is -2.24. The molecule has 0 aromatic heterocycles. The van der Waals surface area contributed by atoms with Crippen molar-refractivity contribution in [3.8, 4) is 0 Å². The molecule has 0 bridgehead atoms. The second-order valence-corrected chi connectivity index (χ2v) is 4.83. The maximum absolute atomic E-state index is 11.6. The summed E-state index contributed by atoms with van der Waals surface area (Å²) in [5.74, 6) is -0.262. The summed E-state index contributed by atoms with van der Waals surface area (Å²) in [6, 6.07) is 8.01. The normalized spacial score (nSPS) is 18.9. The topological polar surface area (TPSA) is 50.4 Å². The number of benzene rings is 1. The van der Waals surface area contributed by atoms with Crippen molar-refractivity contribution in [1.29, 1.82) is 0 Å².